The Labute approximate surface area is 177 Å². The number of carboxylic acids is 1. The van der Waals surface area contributed by atoms with Crippen molar-refractivity contribution in [3.8, 4) is 0 Å². The molecule has 1 N–H and O–H groups in total. The van der Waals surface area contributed by atoms with Gasteiger partial charge in [-0.1, -0.05) is 12.2 Å². The van der Waals surface area contributed by atoms with E-state index in [-0.39, 0.29) is 24.2 Å². The number of aliphatic carboxylic acids is 1. The number of hydrogen-bond acceptors (Lipinski definition) is 5. The summed E-state index contributed by atoms with van der Waals surface area (Å²) in [5.41, 5.74) is 1.12. The summed E-state index contributed by atoms with van der Waals surface area (Å²) in [6.07, 6.45) is 6.49. The largest absolute Gasteiger partial charge is 0.490 e. The molecule has 1 aromatic rings. The summed E-state index contributed by atoms with van der Waals surface area (Å²) in [4.78, 5) is 27.8. The van der Waals surface area contributed by atoms with Crippen molar-refractivity contribution in [2.75, 3.05) is 13.2 Å². The fraction of sp³-hybridized carbons (Fsp3) is 0.571. The maximum absolute atomic E-state index is 12.8. The molecule has 0 spiro atoms. The predicted octanol–water partition coefficient (Wildman–Crippen LogP) is 2.96. The molecule has 3 aliphatic rings. The van der Waals surface area contributed by atoms with E-state index in [0.717, 1.165) is 31.2 Å². The number of fused-ring (bicyclic) bond motifs is 1. The number of allylic oxidation sites excluding steroid dienone is 2. The van der Waals surface area contributed by atoms with Crippen LogP contribution in [-0.4, -0.2) is 64.4 Å². The minimum Gasteiger partial charge on any atom is -0.475 e. The number of carbonyl (C=O) groups is 2. The number of halogens is 3. The molecule has 1 aromatic heterocycles. The van der Waals surface area contributed by atoms with Gasteiger partial charge >= 0.3 is 12.1 Å². The number of carbonyl (C=O) groups excluding carboxylic acids is 1. The molecule has 4 rings (SSSR count). The molecule has 1 saturated heterocycles. The molecule has 0 radical (unpaired) electrons. The van der Waals surface area contributed by atoms with Crippen LogP contribution in [0.3, 0.4) is 0 Å². The number of hydrogen-bond donors (Lipinski definition) is 1. The molecule has 2 fully saturated rings. The summed E-state index contributed by atoms with van der Waals surface area (Å²) in [5, 5.41) is 7.12. The minimum absolute atomic E-state index is 0.0129. The van der Waals surface area contributed by atoms with Gasteiger partial charge in [0.2, 0.25) is 5.91 Å². The Kier molecular flexibility index (Phi) is 7.66. The van der Waals surface area contributed by atoms with Crippen LogP contribution in [0.2, 0.25) is 0 Å². The Morgan fingerprint density at radius 2 is 1.84 bits per heavy atom. The molecule has 170 valence electrons. The van der Waals surface area contributed by atoms with E-state index in [0.29, 0.717) is 25.7 Å². The van der Waals surface area contributed by atoms with E-state index < -0.39 is 12.1 Å². The summed E-state index contributed by atoms with van der Waals surface area (Å²) >= 11 is 0. The predicted molar refractivity (Wildman–Crippen MR) is 103 cm³/mol. The van der Waals surface area contributed by atoms with E-state index >= 15 is 0 Å². The van der Waals surface area contributed by atoms with Crippen molar-refractivity contribution in [1.29, 1.82) is 0 Å². The molecule has 2 aliphatic carbocycles. The number of rotatable bonds is 4. The maximum Gasteiger partial charge on any atom is 0.490 e. The Hall–Kier alpha value is -2.46. The molecule has 10 heteroatoms. The van der Waals surface area contributed by atoms with Crippen molar-refractivity contribution in [2.45, 2.75) is 56.7 Å². The topological polar surface area (TPSA) is 89.0 Å². The highest BCUT2D eigenvalue weighted by Crippen LogP contribution is 2.34. The zero-order chi connectivity index (χ0) is 22.4. The Morgan fingerprint density at radius 1 is 1.19 bits per heavy atom. The number of nitrogens with zero attached hydrogens (tertiary/aromatic N) is 2. The third-order valence-electron chi connectivity index (χ3n) is 5.63. The normalized spacial score (nSPS) is 25.6. The molecular weight excluding hydrogens is 417 g/mol. The zero-order valence-electron chi connectivity index (χ0n) is 16.8. The van der Waals surface area contributed by atoms with Gasteiger partial charge in [-0.15, -0.1) is 0 Å². The van der Waals surface area contributed by atoms with Crippen LogP contribution in [0.25, 0.3) is 0 Å². The average Bonchev–Trinajstić information content (AvgIpc) is 3.42. The van der Waals surface area contributed by atoms with E-state index in [2.05, 4.69) is 22.0 Å². The summed E-state index contributed by atoms with van der Waals surface area (Å²) in [6, 6.07) is 4.11. The lowest BCUT2D eigenvalue weighted by atomic mass is 10.0. The first kappa shape index (κ1) is 23.2. The first-order valence-corrected chi connectivity index (χ1v) is 10.1. The second-order valence-corrected chi connectivity index (χ2v) is 7.66. The minimum atomic E-state index is -5.08. The third-order valence-corrected chi connectivity index (χ3v) is 5.63. The van der Waals surface area contributed by atoms with Gasteiger partial charge in [0.15, 0.2) is 0 Å². The van der Waals surface area contributed by atoms with Gasteiger partial charge in [-0.3, -0.25) is 9.78 Å². The summed E-state index contributed by atoms with van der Waals surface area (Å²) in [5.74, 6) is -2.32. The second-order valence-electron chi connectivity index (χ2n) is 7.66. The van der Waals surface area contributed by atoms with Crippen molar-refractivity contribution in [3.63, 3.8) is 0 Å². The maximum atomic E-state index is 12.8. The number of aromatic nitrogens is 1. The molecule has 31 heavy (non-hydrogen) atoms. The van der Waals surface area contributed by atoms with Crippen molar-refractivity contribution < 1.29 is 37.3 Å². The van der Waals surface area contributed by atoms with Crippen LogP contribution in [0, 0.1) is 5.92 Å². The molecular formula is C21H25F3N2O5. The van der Waals surface area contributed by atoms with Crippen LogP contribution in [-0.2, 0) is 25.7 Å². The number of ether oxygens (including phenoxy) is 2. The highest BCUT2D eigenvalue weighted by Gasteiger charge is 2.46. The van der Waals surface area contributed by atoms with Gasteiger partial charge in [0, 0.05) is 24.9 Å². The molecule has 2 heterocycles. The second kappa shape index (κ2) is 10.2. The summed E-state index contributed by atoms with van der Waals surface area (Å²) < 4.78 is 43.8. The van der Waals surface area contributed by atoms with Gasteiger partial charge in [0.05, 0.1) is 25.4 Å². The fourth-order valence-electron chi connectivity index (χ4n) is 4.10. The van der Waals surface area contributed by atoms with Crippen LogP contribution >= 0.6 is 0 Å². The molecule has 0 aromatic carbocycles. The van der Waals surface area contributed by atoms with Gasteiger partial charge in [0.1, 0.15) is 6.10 Å². The molecule has 0 unspecified atom stereocenters. The number of pyridine rings is 1. The lowest BCUT2D eigenvalue weighted by Gasteiger charge is -2.40. The quantitative estimate of drug-likeness (QED) is 0.722. The van der Waals surface area contributed by atoms with Gasteiger partial charge in [-0.05, 0) is 43.4 Å². The number of carboxylic acid groups (broad SMARTS) is 1. The van der Waals surface area contributed by atoms with Crippen LogP contribution < -0.4 is 0 Å². The number of morpholine rings is 1. The smallest absolute Gasteiger partial charge is 0.475 e. The van der Waals surface area contributed by atoms with E-state index in [4.69, 9.17) is 19.4 Å². The first-order valence-electron chi connectivity index (χ1n) is 10.1. The molecule has 1 amide bonds. The summed E-state index contributed by atoms with van der Waals surface area (Å²) in [6.45, 7) is 1.90. The van der Waals surface area contributed by atoms with Crippen LogP contribution in [0.15, 0.2) is 36.7 Å². The highest BCUT2D eigenvalue weighted by atomic mass is 19.4. The Balaban J connectivity index is 0.000000339. The average molecular weight is 442 g/mol. The van der Waals surface area contributed by atoms with Crippen LogP contribution in [0.5, 0.6) is 0 Å². The lowest BCUT2D eigenvalue weighted by molar-refractivity contribution is -0.192. The standard InChI is InChI=1S/C19H24N2O3.C2HF3O2/c22-19(15-3-1-2-4-15)21-11-12-23-18-16(21)5-6-17(18)24-13-14-7-9-20-10-8-14;3-2(4,5)1(6)7/h1-2,7-10,15-18H,3-6,11-13H2;(H,6,7)/t16-,17+,18+;/m0./s1. The number of alkyl halides is 3. The zero-order valence-corrected chi connectivity index (χ0v) is 16.8. The van der Waals surface area contributed by atoms with E-state index in [9.17, 15) is 18.0 Å². The van der Waals surface area contributed by atoms with Gasteiger partial charge in [0.25, 0.3) is 0 Å². The molecule has 0 bridgehead atoms. The van der Waals surface area contributed by atoms with Gasteiger partial charge in [-0.2, -0.15) is 13.2 Å². The molecule has 1 aliphatic heterocycles. The Bertz CT molecular complexity index is 779. The first-order chi connectivity index (χ1) is 14.8. The molecule has 3 atom stereocenters. The monoisotopic (exact) mass is 442 g/mol. The Morgan fingerprint density at radius 3 is 2.45 bits per heavy atom. The van der Waals surface area contributed by atoms with E-state index in [1.54, 1.807) is 12.4 Å². The van der Waals surface area contributed by atoms with Crippen LogP contribution in [0.4, 0.5) is 13.2 Å². The van der Waals surface area contributed by atoms with Gasteiger partial charge < -0.3 is 19.5 Å². The number of amides is 1. The van der Waals surface area contributed by atoms with Crippen molar-refractivity contribution in [3.05, 3.63) is 42.2 Å². The lowest BCUT2D eigenvalue weighted by Crippen LogP contribution is -2.55. The van der Waals surface area contributed by atoms with Crippen molar-refractivity contribution in [1.82, 2.24) is 9.88 Å². The van der Waals surface area contributed by atoms with Gasteiger partial charge in [-0.25, -0.2) is 4.79 Å². The van der Waals surface area contributed by atoms with Crippen molar-refractivity contribution >= 4 is 11.9 Å². The SMILES string of the molecule is O=C(C1CC=CC1)N1CCO[C@H]2[C@H](OCc3ccncc3)CC[C@@H]21.O=C(O)C(F)(F)F. The van der Waals surface area contributed by atoms with Crippen molar-refractivity contribution in [2.24, 2.45) is 5.92 Å². The fourth-order valence-corrected chi connectivity index (χ4v) is 4.10. The van der Waals surface area contributed by atoms with Crippen LogP contribution in [0.1, 0.15) is 31.2 Å². The summed E-state index contributed by atoms with van der Waals surface area (Å²) in [7, 11) is 0. The molecule has 1 saturated carbocycles. The molecule has 7 nitrogen and oxygen atoms in total. The van der Waals surface area contributed by atoms with E-state index in [1.807, 2.05) is 12.1 Å². The van der Waals surface area contributed by atoms with E-state index in [1.165, 1.54) is 0 Å². The highest BCUT2D eigenvalue weighted by molar-refractivity contribution is 5.80. The third kappa shape index (κ3) is 6.04.